The van der Waals surface area contributed by atoms with E-state index in [2.05, 4.69) is 5.11 Å². The first-order valence-corrected chi connectivity index (χ1v) is 2.74. The van der Waals surface area contributed by atoms with Crippen molar-refractivity contribution in [3.63, 3.8) is 0 Å². The monoisotopic (exact) mass is 159 g/mol. The number of benzene rings is 1. The lowest BCUT2D eigenvalue weighted by Gasteiger charge is -1.95. The van der Waals surface area contributed by atoms with Crippen molar-refractivity contribution in [1.82, 2.24) is 0 Å². The van der Waals surface area contributed by atoms with Gasteiger partial charge in [-0.3, -0.25) is 4.79 Å². The fourth-order valence-electron chi connectivity index (χ4n) is 0.465. The SMILES string of the molecule is [2H]OC(=O)C([2H])([2H])C([2H])([2H])c1cc([2H])c([2H])c([2H])c1[2H]. The van der Waals surface area contributed by atoms with Crippen LogP contribution in [-0.2, 0) is 11.2 Å². The number of rotatable bonds is 3. The van der Waals surface area contributed by atoms with Gasteiger partial charge in [0.15, 0.2) is 0 Å². The molecule has 2 nitrogen and oxygen atoms in total. The summed E-state index contributed by atoms with van der Waals surface area (Å²) in [6, 6.07) is -1.99. The highest BCUT2D eigenvalue weighted by atomic mass is 16.4. The van der Waals surface area contributed by atoms with E-state index >= 15 is 0 Å². The molecule has 0 heterocycles. The quantitative estimate of drug-likeness (QED) is 0.729. The summed E-state index contributed by atoms with van der Waals surface area (Å²) >= 11 is 0. The minimum Gasteiger partial charge on any atom is -0.481 e. The highest BCUT2D eigenvalue weighted by molar-refractivity contribution is 5.67. The summed E-state index contributed by atoms with van der Waals surface area (Å²) in [6.07, 6.45) is -6.38. The Morgan fingerprint density at radius 2 is 2.64 bits per heavy atom. The van der Waals surface area contributed by atoms with Crippen LogP contribution in [0.2, 0.25) is 0 Å². The molecule has 0 aliphatic heterocycles. The molecule has 0 radical (unpaired) electrons. The summed E-state index contributed by atoms with van der Waals surface area (Å²) in [6.45, 7) is 0. The molecule has 1 aromatic rings. The second-order valence-electron chi connectivity index (χ2n) is 1.61. The molecule has 58 valence electrons. The first-order valence-electron chi connectivity index (χ1n) is 7.14. The van der Waals surface area contributed by atoms with Crippen LogP contribution in [0.1, 0.15) is 22.9 Å². The number of aryl methyl sites for hydroxylation is 1. The van der Waals surface area contributed by atoms with Gasteiger partial charge in [-0.2, -0.15) is 0 Å². The van der Waals surface area contributed by atoms with E-state index in [1.807, 2.05) is 0 Å². The molecule has 0 atom stereocenters. The van der Waals surface area contributed by atoms with Crippen LogP contribution < -0.4 is 0 Å². The maximum atomic E-state index is 11.2. The molecular formula is C9H10O2. The number of carboxylic acids is 1. The second kappa shape index (κ2) is 3.76. The Kier molecular flexibility index (Phi) is 0.716. The molecule has 0 aliphatic rings. The van der Waals surface area contributed by atoms with E-state index in [9.17, 15) is 4.79 Å². The zero-order valence-electron chi connectivity index (χ0n) is 14.4. The van der Waals surface area contributed by atoms with Crippen LogP contribution in [0, 0.1) is 0 Å². The van der Waals surface area contributed by atoms with Crippen molar-refractivity contribution in [2.24, 2.45) is 0 Å². The fourth-order valence-corrected chi connectivity index (χ4v) is 0.465. The summed E-state index contributed by atoms with van der Waals surface area (Å²) < 4.78 is 66.3. The first-order chi connectivity index (χ1) is 8.98. The van der Waals surface area contributed by atoms with E-state index in [4.69, 9.17) is 12.4 Å². The van der Waals surface area contributed by atoms with Crippen LogP contribution in [0.4, 0.5) is 0 Å². The Morgan fingerprint density at radius 3 is 3.45 bits per heavy atom. The third-order valence-corrected chi connectivity index (χ3v) is 0.848. The Balaban J connectivity index is 3.55. The number of hydrogen-bond acceptors (Lipinski definition) is 2. The van der Waals surface area contributed by atoms with Crippen LogP contribution in [0.15, 0.2) is 30.2 Å². The van der Waals surface area contributed by atoms with E-state index in [0.29, 0.717) is 0 Å². The van der Waals surface area contributed by atoms with Gasteiger partial charge in [0, 0.05) is 11.9 Å². The van der Waals surface area contributed by atoms with Crippen molar-refractivity contribution in [3.05, 3.63) is 35.8 Å². The van der Waals surface area contributed by atoms with Gasteiger partial charge < -0.3 is 5.11 Å². The lowest BCUT2D eigenvalue weighted by atomic mass is 10.1. The van der Waals surface area contributed by atoms with Crippen molar-refractivity contribution < 1.29 is 20.9 Å². The van der Waals surface area contributed by atoms with E-state index in [-0.39, 0.29) is 0 Å². The summed E-state index contributed by atoms with van der Waals surface area (Å²) in [4.78, 5) is 11.2. The topological polar surface area (TPSA) is 37.3 Å². The van der Waals surface area contributed by atoms with Crippen LogP contribution in [0.25, 0.3) is 1.43 Å². The largest absolute Gasteiger partial charge is 0.481 e. The predicted octanol–water partition coefficient (Wildman–Crippen LogP) is 1.70. The van der Waals surface area contributed by atoms with E-state index in [0.717, 1.165) is 6.07 Å². The van der Waals surface area contributed by atoms with Gasteiger partial charge in [-0.1, -0.05) is 30.2 Å². The lowest BCUT2D eigenvalue weighted by molar-refractivity contribution is -0.136. The number of hydrogen-bond donors (Lipinski definition) is 1. The summed E-state index contributed by atoms with van der Waals surface area (Å²) in [7, 11) is 0. The molecule has 0 aromatic heterocycles. The molecule has 0 spiro atoms. The van der Waals surface area contributed by atoms with Crippen molar-refractivity contribution in [3.8, 4) is 0 Å². The van der Waals surface area contributed by atoms with Gasteiger partial charge in [-0.05, 0) is 11.9 Å². The normalized spacial score (nSPS) is 23.5. The smallest absolute Gasteiger partial charge is 0.303 e. The molecule has 1 rings (SSSR count). The van der Waals surface area contributed by atoms with Crippen LogP contribution in [0.3, 0.4) is 0 Å². The van der Waals surface area contributed by atoms with Gasteiger partial charge in [0.1, 0.15) is 0 Å². The molecule has 0 aliphatic carbocycles. The fraction of sp³-hybridized carbons (Fsp3) is 0.222. The average molecular weight is 159 g/mol. The number of aliphatic carboxylic acids is 1. The molecule has 1 N–H and O–H groups in total. The van der Waals surface area contributed by atoms with E-state index in [1.54, 1.807) is 0 Å². The van der Waals surface area contributed by atoms with Gasteiger partial charge in [0.25, 0.3) is 1.43 Å². The third-order valence-electron chi connectivity index (χ3n) is 0.848. The molecule has 0 fully saturated rings. The molecule has 0 bridgehead atoms. The zero-order chi connectivity index (χ0) is 15.9. The molecule has 0 saturated carbocycles. The number of carbonyl (C=O) groups is 1. The highest BCUT2D eigenvalue weighted by Crippen LogP contribution is 2.01. The van der Waals surface area contributed by atoms with E-state index in [1.165, 1.54) is 0 Å². The van der Waals surface area contributed by atoms with Crippen molar-refractivity contribution in [1.29, 1.82) is 1.43 Å². The molecule has 0 saturated heterocycles. The van der Waals surface area contributed by atoms with Gasteiger partial charge in [-0.25, -0.2) is 0 Å². The Labute approximate surface area is 78.2 Å². The molecule has 11 heavy (non-hydrogen) atoms. The summed E-state index contributed by atoms with van der Waals surface area (Å²) in [5.74, 6) is -1.80. The minimum absolute atomic E-state index is 0.570. The zero-order valence-corrected chi connectivity index (χ0v) is 5.39. The molecule has 0 unspecified atom stereocenters. The molecule has 0 amide bonds. The molecular weight excluding hydrogens is 140 g/mol. The maximum Gasteiger partial charge on any atom is 0.303 e. The van der Waals surface area contributed by atoms with Crippen molar-refractivity contribution >= 4 is 5.97 Å². The first kappa shape index (κ1) is 2.09. The van der Waals surface area contributed by atoms with Gasteiger partial charge in [0.05, 0.1) is 5.48 Å². The van der Waals surface area contributed by atoms with Crippen molar-refractivity contribution in [2.75, 3.05) is 0 Å². The van der Waals surface area contributed by atoms with Gasteiger partial charge >= 0.3 is 5.97 Å². The van der Waals surface area contributed by atoms with E-state index < -0.39 is 48.4 Å². The Bertz CT molecular complexity index is 555. The Morgan fingerprint density at radius 1 is 1.73 bits per heavy atom. The molecule has 1 aromatic carbocycles. The highest BCUT2D eigenvalue weighted by Gasteiger charge is 1.96. The lowest BCUT2D eigenvalue weighted by Crippen LogP contribution is -1.96. The van der Waals surface area contributed by atoms with Crippen molar-refractivity contribution in [2.45, 2.75) is 12.7 Å². The third kappa shape index (κ3) is 2.85. The molecule has 2 heteroatoms. The number of carboxylic acid groups (broad SMARTS) is 1. The standard InChI is InChI=1S/C9H10O2/c10-9(11)7-6-8-4-2-1-3-5-8/h1-5H,6-7H2,(H,10,11)/i1D,2D,3D,4D,6D2,7D2/hD. The van der Waals surface area contributed by atoms with Gasteiger partial charge in [-0.15, -0.1) is 0 Å². The predicted molar refractivity (Wildman–Crippen MR) is 42.4 cm³/mol. The average Bonchev–Trinajstić information content (AvgIpc) is 2.38. The Hall–Kier alpha value is -1.31. The minimum atomic E-state index is -3.28. The van der Waals surface area contributed by atoms with Crippen LogP contribution in [-0.4, -0.2) is 11.1 Å². The second-order valence-corrected chi connectivity index (χ2v) is 1.61. The van der Waals surface area contributed by atoms with Gasteiger partial charge in [0.2, 0.25) is 0 Å². The summed E-state index contributed by atoms with van der Waals surface area (Å²) in [5.41, 5.74) is -0.723. The summed E-state index contributed by atoms with van der Waals surface area (Å²) in [5, 5.41) is 3.45. The maximum absolute atomic E-state index is 11.2. The van der Waals surface area contributed by atoms with Crippen LogP contribution in [0.5, 0.6) is 0 Å². The van der Waals surface area contributed by atoms with Crippen LogP contribution >= 0.6 is 0 Å².